The van der Waals surface area contributed by atoms with E-state index in [2.05, 4.69) is 74.7 Å². The smallest absolute Gasteiger partial charge is 0.0687 e. The lowest BCUT2D eigenvalue weighted by molar-refractivity contribution is 1.19. The second-order valence-electron chi connectivity index (χ2n) is 5.23. The van der Waals surface area contributed by atoms with E-state index in [9.17, 15) is 0 Å². The molecule has 0 aliphatic rings. The Bertz CT molecular complexity index is 366. The maximum absolute atomic E-state index is 2.41. The fourth-order valence-corrected chi connectivity index (χ4v) is 2.16. The predicted octanol–water partition coefficient (Wildman–Crippen LogP) is 4.61. The molecule has 0 atom stereocenters. The van der Waals surface area contributed by atoms with Gasteiger partial charge in [-0.2, -0.15) is 0 Å². The summed E-state index contributed by atoms with van der Waals surface area (Å²) in [5.41, 5.74) is 5.20. The summed E-state index contributed by atoms with van der Waals surface area (Å²) in [7, 11) is -1.07. The van der Waals surface area contributed by atoms with Crippen LogP contribution in [0.4, 0.5) is 0 Å². The van der Waals surface area contributed by atoms with Gasteiger partial charge in [-0.25, -0.2) is 0 Å². The van der Waals surface area contributed by atoms with Gasteiger partial charge in [0.15, 0.2) is 0 Å². The molecule has 1 aromatic carbocycles. The third-order valence-corrected chi connectivity index (χ3v) is 3.59. The van der Waals surface area contributed by atoms with Gasteiger partial charge in [-0.15, -0.1) is 0 Å². The van der Waals surface area contributed by atoms with Gasteiger partial charge in [0, 0.05) is 0 Å². The molecule has 0 saturated heterocycles. The largest absolute Gasteiger partial charge is 0.0947 e. The molecule has 16 heavy (non-hydrogen) atoms. The molecule has 0 fully saturated rings. The highest BCUT2D eigenvalue weighted by molar-refractivity contribution is 6.81. The molecular weight excluding hydrogens is 208 g/mol. The standard InChI is InChI=1S/C15H22Si/c1-5-14(11-12-16(2,3)4)13-15-9-7-6-8-10-15/h5-12H,13H2,1-4H3/b12-11+,14-5+. The van der Waals surface area contributed by atoms with Gasteiger partial charge in [-0.1, -0.05) is 67.8 Å². The highest BCUT2D eigenvalue weighted by atomic mass is 28.3. The molecule has 0 saturated carbocycles. The van der Waals surface area contributed by atoms with Crippen molar-refractivity contribution >= 4 is 8.07 Å². The molecular formula is C15H22Si. The Kier molecular flexibility index (Phi) is 4.75. The van der Waals surface area contributed by atoms with Crippen molar-refractivity contribution in [3.05, 3.63) is 59.3 Å². The van der Waals surface area contributed by atoms with E-state index in [1.165, 1.54) is 11.1 Å². The van der Waals surface area contributed by atoms with Crippen LogP contribution < -0.4 is 0 Å². The minimum absolute atomic E-state index is 1.04. The van der Waals surface area contributed by atoms with E-state index in [1.54, 1.807) is 0 Å². The summed E-state index contributed by atoms with van der Waals surface area (Å²) < 4.78 is 0. The van der Waals surface area contributed by atoms with Crippen molar-refractivity contribution in [1.82, 2.24) is 0 Å². The van der Waals surface area contributed by atoms with Crippen molar-refractivity contribution < 1.29 is 0 Å². The van der Waals surface area contributed by atoms with Gasteiger partial charge in [0.25, 0.3) is 0 Å². The molecule has 0 heterocycles. The van der Waals surface area contributed by atoms with E-state index in [0.29, 0.717) is 0 Å². The first-order chi connectivity index (χ1) is 7.51. The zero-order valence-electron chi connectivity index (χ0n) is 10.8. The zero-order chi connectivity index (χ0) is 12.0. The Labute approximate surface area is 101 Å². The molecule has 0 nitrogen and oxygen atoms in total. The van der Waals surface area contributed by atoms with Gasteiger partial charge < -0.3 is 0 Å². The maximum atomic E-state index is 2.41. The predicted molar refractivity (Wildman–Crippen MR) is 76.4 cm³/mol. The Balaban J connectivity index is 2.68. The fraction of sp³-hybridized carbons (Fsp3) is 0.333. The van der Waals surface area contributed by atoms with Gasteiger partial charge in [-0.3, -0.25) is 0 Å². The molecule has 0 N–H and O–H groups in total. The van der Waals surface area contributed by atoms with Gasteiger partial charge in [-0.05, 0) is 24.5 Å². The lowest BCUT2D eigenvalue weighted by atomic mass is 10.1. The van der Waals surface area contributed by atoms with Crippen LogP contribution >= 0.6 is 0 Å². The van der Waals surface area contributed by atoms with Crippen molar-refractivity contribution in [2.45, 2.75) is 33.0 Å². The van der Waals surface area contributed by atoms with Crippen molar-refractivity contribution in [1.29, 1.82) is 0 Å². The van der Waals surface area contributed by atoms with Gasteiger partial charge in [0.1, 0.15) is 0 Å². The molecule has 0 aromatic heterocycles. The molecule has 1 aromatic rings. The highest BCUT2D eigenvalue weighted by Crippen LogP contribution is 2.11. The molecule has 0 bridgehead atoms. The normalized spacial score (nSPS) is 13.4. The summed E-state index contributed by atoms with van der Waals surface area (Å²) in [4.78, 5) is 0. The summed E-state index contributed by atoms with van der Waals surface area (Å²) >= 11 is 0. The van der Waals surface area contributed by atoms with Crippen LogP contribution in [0.3, 0.4) is 0 Å². The molecule has 0 unspecified atom stereocenters. The van der Waals surface area contributed by atoms with Gasteiger partial charge >= 0.3 is 0 Å². The third-order valence-electron chi connectivity index (χ3n) is 2.42. The topological polar surface area (TPSA) is 0 Å². The van der Waals surface area contributed by atoms with E-state index >= 15 is 0 Å². The second-order valence-corrected chi connectivity index (χ2v) is 10.3. The molecule has 0 amide bonds. The average Bonchev–Trinajstić information content (AvgIpc) is 2.24. The van der Waals surface area contributed by atoms with Crippen LogP contribution in [0.2, 0.25) is 19.6 Å². The van der Waals surface area contributed by atoms with Crippen molar-refractivity contribution in [3.63, 3.8) is 0 Å². The number of hydrogen-bond donors (Lipinski definition) is 0. The summed E-state index contributed by atoms with van der Waals surface area (Å²) in [6, 6.07) is 10.6. The second kappa shape index (κ2) is 5.85. The van der Waals surface area contributed by atoms with E-state index in [4.69, 9.17) is 0 Å². The molecule has 0 aliphatic carbocycles. The van der Waals surface area contributed by atoms with Gasteiger partial charge in [0.05, 0.1) is 8.07 Å². The van der Waals surface area contributed by atoms with Gasteiger partial charge in [0.2, 0.25) is 0 Å². The minimum Gasteiger partial charge on any atom is -0.0947 e. The number of benzene rings is 1. The zero-order valence-corrected chi connectivity index (χ0v) is 11.8. The summed E-state index contributed by atoms with van der Waals surface area (Å²) in [5.74, 6) is 0. The van der Waals surface area contributed by atoms with Crippen molar-refractivity contribution in [2.75, 3.05) is 0 Å². The van der Waals surface area contributed by atoms with Crippen molar-refractivity contribution in [2.24, 2.45) is 0 Å². The molecule has 0 aliphatic heterocycles. The SMILES string of the molecule is C/C=C(\C=C\[Si](C)(C)C)Cc1ccccc1. The quantitative estimate of drug-likeness (QED) is 0.523. The van der Waals surface area contributed by atoms with Crippen LogP contribution in [0.5, 0.6) is 0 Å². The van der Waals surface area contributed by atoms with Crippen LogP contribution in [-0.4, -0.2) is 8.07 Å². The lowest BCUT2D eigenvalue weighted by Crippen LogP contribution is -2.15. The molecule has 1 rings (SSSR count). The summed E-state index contributed by atoms with van der Waals surface area (Å²) in [6.07, 6.45) is 5.56. The molecule has 86 valence electrons. The highest BCUT2D eigenvalue weighted by Gasteiger charge is 2.07. The van der Waals surface area contributed by atoms with E-state index in [0.717, 1.165) is 6.42 Å². The molecule has 0 spiro atoms. The van der Waals surface area contributed by atoms with E-state index < -0.39 is 8.07 Å². The van der Waals surface area contributed by atoms with E-state index in [1.807, 2.05) is 0 Å². The fourth-order valence-electron chi connectivity index (χ4n) is 1.45. The first kappa shape index (κ1) is 13.0. The Morgan fingerprint density at radius 1 is 1.12 bits per heavy atom. The Hall–Kier alpha value is -1.08. The van der Waals surface area contributed by atoms with Crippen LogP contribution in [0.15, 0.2) is 53.8 Å². The van der Waals surface area contributed by atoms with Crippen molar-refractivity contribution in [3.8, 4) is 0 Å². The number of allylic oxidation sites excluding steroid dienone is 3. The minimum atomic E-state index is -1.07. The summed E-state index contributed by atoms with van der Waals surface area (Å²) in [6.45, 7) is 9.20. The Morgan fingerprint density at radius 2 is 1.75 bits per heavy atom. The maximum Gasteiger partial charge on any atom is 0.0687 e. The van der Waals surface area contributed by atoms with Crippen LogP contribution in [-0.2, 0) is 6.42 Å². The number of hydrogen-bond acceptors (Lipinski definition) is 0. The lowest BCUT2D eigenvalue weighted by Gasteiger charge is -2.09. The molecule has 1 heteroatoms. The average molecular weight is 230 g/mol. The number of rotatable bonds is 4. The van der Waals surface area contributed by atoms with Crippen LogP contribution in [0.1, 0.15) is 12.5 Å². The monoisotopic (exact) mass is 230 g/mol. The summed E-state index contributed by atoms with van der Waals surface area (Å²) in [5, 5.41) is 0. The van der Waals surface area contributed by atoms with Crippen LogP contribution in [0.25, 0.3) is 0 Å². The Morgan fingerprint density at radius 3 is 2.25 bits per heavy atom. The molecule has 0 radical (unpaired) electrons. The van der Waals surface area contributed by atoms with Crippen LogP contribution in [0, 0.1) is 0 Å². The first-order valence-electron chi connectivity index (χ1n) is 5.89. The first-order valence-corrected chi connectivity index (χ1v) is 9.47. The third kappa shape index (κ3) is 5.13. The van der Waals surface area contributed by atoms with E-state index in [-0.39, 0.29) is 0 Å².